The van der Waals surface area contributed by atoms with Crippen molar-refractivity contribution in [3.63, 3.8) is 0 Å². The van der Waals surface area contributed by atoms with E-state index in [1.165, 1.54) is 35.1 Å². The quantitative estimate of drug-likeness (QED) is 0.288. The highest BCUT2D eigenvalue weighted by molar-refractivity contribution is 5.64. The lowest BCUT2D eigenvalue weighted by Crippen LogP contribution is -2.24. The van der Waals surface area contributed by atoms with E-state index in [1.807, 2.05) is 6.08 Å². The Kier molecular flexibility index (Phi) is 8.50. The average Bonchev–Trinajstić information content (AvgIpc) is 2.85. The zero-order chi connectivity index (χ0) is 23.0. The van der Waals surface area contributed by atoms with E-state index in [0.29, 0.717) is 17.9 Å². The van der Waals surface area contributed by atoms with Gasteiger partial charge in [-0.25, -0.2) is 0 Å². The van der Waals surface area contributed by atoms with Gasteiger partial charge in [0.05, 0.1) is 12.7 Å². The van der Waals surface area contributed by atoms with Crippen LogP contribution in [0.1, 0.15) is 80.8 Å². The molecule has 1 aliphatic heterocycles. The number of unbranched alkanes of at least 4 members (excludes halogenated alkanes) is 1. The molecule has 2 unspecified atom stereocenters. The summed E-state index contributed by atoms with van der Waals surface area (Å²) in [5, 5.41) is 0. The van der Waals surface area contributed by atoms with Gasteiger partial charge in [-0.1, -0.05) is 54.6 Å². The Morgan fingerprint density at radius 2 is 1.39 bits per heavy atom. The van der Waals surface area contributed by atoms with Crippen LogP contribution in [0.25, 0.3) is 11.1 Å². The first-order valence-corrected chi connectivity index (χ1v) is 12.6. The minimum Gasteiger partial charge on any atom is -0.378 e. The molecule has 33 heavy (non-hydrogen) atoms. The summed E-state index contributed by atoms with van der Waals surface area (Å²) in [7, 11) is 0. The maximum absolute atomic E-state index is 12.5. The third-order valence-corrected chi connectivity index (χ3v) is 7.54. The van der Waals surface area contributed by atoms with Gasteiger partial charge < -0.3 is 4.74 Å². The Morgan fingerprint density at radius 1 is 0.818 bits per heavy atom. The van der Waals surface area contributed by atoms with Gasteiger partial charge in [0.25, 0.3) is 6.08 Å². The van der Waals surface area contributed by atoms with Crippen LogP contribution in [0.5, 0.6) is 0 Å². The normalized spacial score (nSPS) is 25.4. The van der Waals surface area contributed by atoms with Gasteiger partial charge in [0.15, 0.2) is 0 Å². The van der Waals surface area contributed by atoms with Crippen molar-refractivity contribution in [2.75, 3.05) is 6.61 Å². The highest BCUT2D eigenvalue weighted by Crippen LogP contribution is 2.38. The first-order chi connectivity index (χ1) is 16.1. The van der Waals surface area contributed by atoms with Crippen LogP contribution in [0, 0.1) is 5.92 Å². The van der Waals surface area contributed by atoms with Crippen molar-refractivity contribution in [3.05, 3.63) is 84.5 Å². The molecule has 2 fully saturated rings. The predicted molar refractivity (Wildman–Crippen MR) is 133 cm³/mol. The Hall–Kier alpha value is -2.26. The van der Waals surface area contributed by atoms with Crippen LogP contribution in [-0.4, -0.2) is 12.7 Å². The van der Waals surface area contributed by atoms with Gasteiger partial charge >= 0.3 is 0 Å². The molecule has 0 amide bonds. The number of halogens is 2. The molecule has 1 saturated carbocycles. The fraction of sp³-hybridized carbons (Fsp3) is 0.467. The monoisotopic (exact) mass is 450 g/mol. The molecule has 1 heterocycles. The van der Waals surface area contributed by atoms with Gasteiger partial charge in [-0.05, 0) is 98.0 Å². The highest BCUT2D eigenvalue weighted by Gasteiger charge is 2.23. The maximum Gasteiger partial charge on any atom is 0.266 e. The number of hydrogen-bond donors (Lipinski definition) is 0. The van der Waals surface area contributed by atoms with Crippen LogP contribution in [-0.2, 0) is 4.74 Å². The summed E-state index contributed by atoms with van der Waals surface area (Å²) in [6.07, 6.45) is 11.4. The Labute approximate surface area is 197 Å². The van der Waals surface area contributed by atoms with E-state index in [1.54, 1.807) is 0 Å². The van der Waals surface area contributed by atoms with Gasteiger partial charge in [-0.2, -0.15) is 8.78 Å². The zero-order valence-electron chi connectivity index (χ0n) is 19.5. The summed E-state index contributed by atoms with van der Waals surface area (Å²) in [6, 6.07) is 17.8. The van der Waals surface area contributed by atoms with Crippen LogP contribution < -0.4 is 0 Å². The lowest BCUT2D eigenvalue weighted by Gasteiger charge is -2.29. The van der Waals surface area contributed by atoms with E-state index in [9.17, 15) is 8.78 Å². The standard InChI is InChI=1S/C30H36F2O/c1-2-3-4-5-29-19-18-28(21-33-29)27-16-14-26(15-17-27)25-12-10-24(11-13-25)23-8-6-22(7-9-23)20-30(31)32/h2,10-17,20,22-23,28-29H,1,3-9,18-19,21H2. The number of hydrogen-bond acceptors (Lipinski definition) is 1. The average molecular weight is 451 g/mol. The second kappa shape index (κ2) is 11.7. The van der Waals surface area contributed by atoms with Crippen LogP contribution in [0.15, 0.2) is 73.3 Å². The van der Waals surface area contributed by atoms with Crippen LogP contribution in [0.3, 0.4) is 0 Å². The third-order valence-electron chi connectivity index (χ3n) is 7.54. The molecule has 0 radical (unpaired) electrons. The van der Waals surface area contributed by atoms with Crippen molar-refractivity contribution in [2.45, 2.75) is 75.7 Å². The molecule has 2 aromatic carbocycles. The molecule has 0 N–H and O–H groups in total. The molecule has 2 aliphatic rings. The van der Waals surface area contributed by atoms with Crippen molar-refractivity contribution in [1.29, 1.82) is 0 Å². The molecule has 0 spiro atoms. The second-order valence-electron chi connectivity index (χ2n) is 9.76. The van der Waals surface area contributed by atoms with E-state index in [4.69, 9.17) is 4.74 Å². The summed E-state index contributed by atoms with van der Waals surface area (Å²) in [5.74, 6) is 1.02. The Morgan fingerprint density at radius 3 is 1.91 bits per heavy atom. The van der Waals surface area contributed by atoms with Crippen LogP contribution >= 0.6 is 0 Å². The van der Waals surface area contributed by atoms with Crippen LogP contribution in [0.2, 0.25) is 0 Å². The summed E-state index contributed by atoms with van der Waals surface area (Å²) >= 11 is 0. The minimum atomic E-state index is -1.53. The minimum absolute atomic E-state index is 0.0433. The number of benzene rings is 2. The summed E-state index contributed by atoms with van der Waals surface area (Å²) in [6.45, 7) is 4.62. The number of rotatable bonds is 8. The first-order valence-electron chi connectivity index (χ1n) is 12.6. The Bertz CT molecular complexity index is 895. The van der Waals surface area contributed by atoms with Gasteiger partial charge in [0.1, 0.15) is 0 Å². The third kappa shape index (κ3) is 6.63. The van der Waals surface area contributed by atoms with Gasteiger partial charge in [0, 0.05) is 5.92 Å². The van der Waals surface area contributed by atoms with E-state index < -0.39 is 6.08 Å². The molecular formula is C30H36F2O. The van der Waals surface area contributed by atoms with Crippen LogP contribution in [0.4, 0.5) is 8.78 Å². The first kappa shape index (κ1) is 23.9. The molecule has 176 valence electrons. The van der Waals surface area contributed by atoms with Crippen molar-refractivity contribution in [2.24, 2.45) is 5.92 Å². The lowest BCUT2D eigenvalue weighted by atomic mass is 9.78. The summed E-state index contributed by atoms with van der Waals surface area (Å²) in [4.78, 5) is 0. The highest BCUT2D eigenvalue weighted by atomic mass is 19.3. The SMILES string of the molecule is C=CCCCC1CCC(c2ccc(-c3ccc(C4CCC(C=C(F)F)CC4)cc3)cc2)CO1. The van der Waals surface area contributed by atoms with Crippen molar-refractivity contribution in [1.82, 2.24) is 0 Å². The molecule has 2 atom stereocenters. The fourth-order valence-electron chi connectivity index (χ4n) is 5.48. The molecule has 2 aromatic rings. The Balaban J connectivity index is 1.30. The maximum atomic E-state index is 12.5. The van der Waals surface area contributed by atoms with Gasteiger partial charge in [-0.3, -0.25) is 0 Å². The molecule has 0 aromatic heterocycles. The van der Waals surface area contributed by atoms with Crippen molar-refractivity contribution >= 4 is 0 Å². The molecule has 1 aliphatic carbocycles. The number of allylic oxidation sites excluding steroid dienone is 2. The second-order valence-corrected chi connectivity index (χ2v) is 9.76. The zero-order valence-corrected chi connectivity index (χ0v) is 19.5. The van der Waals surface area contributed by atoms with Gasteiger partial charge in [0.2, 0.25) is 0 Å². The van der Waals surface area contributed by atoms with E-state index >= 15 is 0 Å². The molecule has 0 bridgehead atoms. The lowest BCUT2D eigenvalue weighted by molar-refractivity contribution is -0.00165. The fourth-order valence-corrected chi connectivity index (χ4v) is 5.48. The van der Waals surface area contributed by atoms with Crippen molar-refractivity contribution in [3.8, 4) is 11.1 Å². The summed E-state index contributed by atoms with van der Waals surface area (Å²) in [5.41, 5.74) is 5.16. The van der Waals surface area contributed by atoms with E-state index in [2.05, 4.69) is 55.1 Å². The van der Waals surface area contributed by atoms with E-state index in [-0.39, 0.29) is 5.92 Å². The van der Waals surface area contributed by atoms with Crippen molar-refractivity contribution < 1.29 is 13.5 Å². The smallest absolute Gasteiger partial charge is 0.266 e. The molecular weight excluding hydrogens is 414 g/mol. The molecule has 1 nitrogen and oxygen atoms in total. The largest absolute Gasteiger partial charge is 0.378 e. The molecule has 3 heteroatoms. The molecule has 4 rings (SSSR count). The number of ether oxygens (including phenoxy) is 1. The molecule has 1 saturated heterocycles. The topological polar surface area (TPSA) is 9.23 Å². The predicted octanol–water partition coefficient (Wildman–Crippen LogP) is 9.03. The van der Waals surface area contributed by atoms with E-state index in [0.717, 1.165) is 57.6 Å². The van der Waals surface area contributed by atoms with Gasteiger partial charge in [-0.15, -0.1) is 6.58 Å². The summed E-state index contributed by atoms with van der Waals surface area (Å²) < 4.78 is 31.1.